The molecule has 0 N–H and O–H groups in total. The first-order valence-electron chi connectivity index (χ1n) is 4.12. The Morgan fingerprint density at radius 1 is 1.50 bits per heavy atom. The number of halogens is 1. The average molecular weight is 191 g/mol. The van der Waals surface area contributed by atoms with Crippen molar-refractivity contribution in [3.05, 3.63) is 0 Å². The summed E-state index contributed by atoms with van der Waals surface area (Å²) >= 11 is 5.96. The predicted molar refractivity (Wildman–Crippen MR) is 42.9 cm³/mol. The molecule has 2 rings (SSSR count). The third-order valence-electron chi connectivity index (χ3n) is 2.74. The maximum Gasteiger partial charge on any atom is 0.357 e. The van der Waals surface area contributed by atoms with E-state index >= 15 is 0 Å². The molecule has 2 fully saturated rings. The van der Waals surface area contributed by atoms with Gasteiger partial charge in [0.2, 0.25) is 0 Å². The number of alkyl halides is 1. The molecule has 1 saturated heterocycles. The van der Waals surface area contributed by atoms with Crippen LogP contribution in [0.1, 0.15) is 25.7 Å². The van der Waals surface area contributed by atoms with Crippen LogP contribution in [0.15, 0.2) is 0 Å². The van der Waals surface area contributed by atoms with Gasteiger partial charge in [-0.2, -0.15) is 0 Å². The molecule has 0 aromatic rings. The van der Waals surface area contributed by atoms with Gasteiger partial charge in [-0.25, -0.2) is 4.79 Å². The minimum Gasteiger partial charge on any atom is -0.466 e. The highest BCUT2D eigenvalue weighted by Crippen LogP contribution is 2.60. The molecule has 4 heteroatoms. The first kappa shape index (κ1) is 8.32. The largest absolute Gasteiger partial charge is 0.466 e. The van der Waals surface area contributed by atoms with Gasteiger partial charge < -0.3 is 9.47 Å². The fourth-order valence-corrected chi connectivity index (χ4v) is 2.39. The summed E-state index contributed by atoms with van der Waals surface area (Å²) in [5.41, 5.74) is -0.387. The molecule has 2 aliphatic rings. The van der Waals surface area contributed by atoms with Crippen LogP contribution in [0, 0.1) is 0 Å². The summed E-state index contributed by atoms with van der Waals surface area (Å²) in [4.78, 5) is 11.2. The molecule has 0 aromatic heterocycles. The SMILES string of the molecule is COC(=O)C1(Cl)OC12CCCC2. The summed E-state index contributed by atoms with van der Waals surface area (Å²) in [7, 11) is 1.33. The number of rotatable bonds is 1. The number of carbonyl (C=O) groups is 1. The van der Waals surface area contributed by atoms with Gasteiger partial charge in [0.25, 0.3) is 5.06 Å². The van der Waals surface area contributed by atoms with E-state index in [1.54, 1.807) is 0 Å². The van der Waals surface area contributed by atoms with Crippen LogP contribution in [-0.4, -0.2) is 23.7 Å². The van der Waals surface area contributed by atoms with Crippen molar-refractivity contribution in [1.82, 2.24) is 0 Å². The lowest BCUT2D eigenvalue weighted by molar-refractivity contribution is -0.143. The van der Waals surface area contributed by atoms with Gasteiger partial charge in [-0.1, -0.05) is 24.4 Å². The van der Waals surface area contributed by atoms with Crippen molar-refractivity contribution in [1.29, 1.82) is 0 Å². The summed E-state index contributed by atoms with van der Waals surface area (Å²) in [6.45, 7) is 0. The van der Waals surface area contributed by atoms with Crippen molar-refractivity contribution in [2.45, 2.75) is 36.3 Å². The maximum absolute atomic E-state index is 11.2. The van der Waals surface area contributed by atoms with E-state index < -0.39 is 11.0 Å². The van der Waals surface area contributed by atoms with Crippen molar-refractivity contribution in [2.24, 2.45) is 0 Å². The summed E-state index contributed by atoms with van der Waals surface area (Å²) in [5.74, 6) is -0.453. The standard InChI is InChI=1S/C8H11ClO3/c1-11-6(10)8(9)7(12-8)4-2-3-5-7/h2-5H2,1H3. The summed E-state index contributed by atoms with van der Waals surface area (Å²) < 4.78 is 9.86. The molecule has 68 valence electrons. The highest BCUT2D eigenvalue weighted by molar-refractivity contribution is 6.36. The Balaban J connectivity index is 2.12. The zero-order valence-corrected chi connectivity index (χ0v) is 7.69. The summed E-state index contributed by atoms with van der Waals surface area (Å²) in [6.07, 6.45) is 3.94. The molecule has 1 aliphatic carbocycles. The minimum absolute atomic E-state index is 0.387. The van der Waals surface area contributed by atoms with E-state index in [1.165, 1.54) is 7.11 Å². The van der Waals surface area contributed by atoms with Gasteiger partial charge in [0.1, 0.15) is 5.60 Å². The first-order chi connectivity index (χ1) is 5.65. The van der Waals surface area contributed by atoms with Crippen molar-refractivity contribution >= 4 is 17.6 Å². The number of hydrogen-bond donors (Lipinski definition) is 0. The zero-order valence-electron chi connectivity index (χ0n) is 6.93. The Hall–Kier alpha value is -0.280. The smallest absolute Gasteiger partial charge is 0.357 e. The van der Waals surface area contributed by atoms with E-state index in [4.69, 9.17) is 16.3 Å². The molecule has 3 nitrogen and oxygen atoms in total. The topological polar surface area (TPSA) is 38.8 Å². The van der Waals surface area contributed by atoms with Gasteiger partial charge >= 0.3 is 5.97 Å². The van der Waals surface area contributed by atoms with E-state index in [9.17, 15) is 4.79 Å². The lowest BCUT2D eigenvalue weighted by Crippen LogP contribution is -2.28. The van der Waals surface area contributed by atoms with E-state index in [0.717, 1.165) is 25.7 Å². The average Bonchev–Trinajstić information content (AvgIpc) is 2.50. The molecule has 1 aliphatic heterocycles. The Bertz CT molecular complexity index is 222. The third-order valence-corrected chi connectivity index (χ3v) is 3.32. The maximum atomic E-state index is 11.2. The molecule has 1 spiro atoms. The van der Waals surface area contributed by atoms with E-state index in [1.807, 2.05) is 0 Å². The van der Waals surface area contributed by atoms with Gasteiger partial charge in [-0.15, -0.1) is 0 Å². The highest BCUT2D eigenvalue weighted by Gasteiger charge is 2.75. The van der Waals surface area contributed by atoms with Crippen LogP contribution in [0.3, 0.4) is 0 Å². The fourth-order valence-electron chi connectivity index (χ4n) is 1.97. The molecule has 1 atom stereocenters. The predicted octanol–water partition coefficient (Wildman–Crippen LogP) is 1.44. The van der Waals surface area contributed by atoms with Gasteiger partial charge in [0.05, 0.1) is 7.11 Å². The van der Waals surface area contributed by atoms with Crippen LogP contribution in [0.5, 0.6) is 0 Å². The number of esters is 1. The minimum atomic E-state index is -1.15. The van der Waals surface area contributed by atoms with Crippen LogP contribution < -0.4 is 0 Å². The number of ether oxygens (including phenoxy) is 2. The molecule has 12 heavy (non-hydrogen) atoms. The van der Waals surface area contributed by atoms with Gasteiger partial charge in [-0.05, 0) is 12.8 Å². The second-order valence-corrected chi connectivity index (χ2v) is 3.92. The molecule has 0 aromatic carbocycles. The molecule has 1 heterocycles. The normalized spacial score (nSPS) is 36.8. The molecule has 0 bridgehead atoms. The number of epoxide rings is 1. The lowest BCUT2D eigenvalue weighted by atomic mass is 10.0. The molecule has 0 radical (unpaired) electrons. The second kappa shape index (κ2) is 2.36. The van der Waals surface area contributed by atoms with Crippen LogP contribution in [0.4, 0.5) is 0 Å². The van der Waals surface area contributed by atoms with E-state index in [-0.39, 0.29) is 5.60 Å². The first-order valence-corrected chi connectivity index (χ1v) is 4.50. The van der Waals surface area contributed by atoms with Crippen LogP contribution in [0.25, 0.3) is 0 Å². The van der Waals surface area contributed by atoms with E-state index in [2.05, 4.69) is 4.74 Å². The van der Waals surface area contributed by atoms with Crippen molar-refractivity contribution in [3.63, 3.8) is 0 Å². The van der Waals surface area contributed by atoms with Crippen molar-refractivity contribution in [2.75, 3.05) is 7.11 Å². The van der Waals surface area contributed by atoms with E-state index in [0.29, 0.717) is 0 Å². The van der Waals surface area contributed by atoms with Gasteiger partial charge in [0, 0.05) is 0 Å². The lowest BCUT2D eigenvalue weighted by Gasteiger charge is -2.05. The highest BCUT2D eigenvalue weighted by atomic mass is 35.5. The Morgan fingerprint density at radius 2 is 2.08 bits per heavy atom. The fraction of sp³-hybridized carbons (Fsp3) is 0.875. The zero-order chi connectivity index (χ0) is 8.82. The summed E-state index contributed by atoms with van der Waals surface area (Å²) in [5, 5.41) is -1.15. The second-order valence-electron chi connectivity index (χ2n) is 3.39. The van der Waals surface area contributed by atoms with Crippen LogP contribution >= 0.6 is 11.6 Å². The van der Waals surface area contributed by atoms with Crippen LogP contribution in [-0.2, 0) is 14.3 Å². The van der Waals surface area contributed by atoms with Crippen molar-refractivity contribution < 1.29 is 14.3 Å². The number of methoxy groups -OCH3 is 1. The van der Waals surface area contributed by atoms with Gasteiger partial charge in [-0.3, -0.25) is 0 Å². The molecule has 1 unspecified atom stereocenters. The molecule has 0 amide bonds. The van der Waals surface area contributed by atoms with Crippen LogP contribution in [0.2, 0.25) is 0 Å². The van der Waals surface area contributed by atoms with Crippen molar-refractivity contribution in [3.8, 4) is 0 Å². The summed E-state index contributed by atoms with van der Waals surface area (Å²) in [6, 6.07) is 0. The molecule has 1 saturated carbocycles. The molecular weight excluding hydrogens is 180 g/mol. The Labute approximate surface area is 76.0 Å². The number of carbonyl (C=O) groups excluding carboxylic acids is 1. The van der Waals surface area contributed by atoms with Gasteiger partial charge in [0.15, 0.2) is 0 Å². The Morgan fingerprint density at radius 3 is 2.58 bits per heavy atom. The number of hydrogen-bond acceptors (Lipinski definition) is 3. The monoisotopic (exact) mass is 190 g/mol. The molecular formula is C8H11ClO3. The third kappa shape index (κ3) is 0.837. The Kier molecular flexibility index (Phi) is 1.64. The quantitative estimate of drug-likeness (QED) is 0.357.